The van der Waals surface area contributed by atoms with Crippen LogP contribution in [0, 0.1) is 0 Å². The molecule has 2 rings (SSSR count). The number of benzene rings is 1. The first-order valence-electron chi connectivity index (χ1n) is 6.86. The van der Waals surface area contributed by atoms with Crippen molar-refractivity contribution in [1.82, 2.24) is 10.2 Å². The molecule has 1 saturated heterocycles. The Morgan fingerprint density at radius 1 is 1.32 bits per heavy atom. The van der Waals surface area contributed by atoms with E-state index in [2.05, 4.69) is 19.2 Å². The molecule has 1 aliphatic rings. The van der Waals surface area contributed by atoms with Crippen LogP contribution in [0.15, 0.2) is 30.3 Å². The maximum atomic E-state index is 14.2. The molecule has 0 aliphatic carbocycles. The van der Waals surface area contributed by atoms with Crippen LogP contribution < -0.4 is 5.32 Å². The first-order chi connectivity index (χ1) is 8.95. The van der Waals surface area contributed by atoms with Crippen molar-refractivity contribution in [2.45, 2.75) is 31.7 Å². The van der Waals surface area contributed by atoms with Gasteiger partial charge in [-0.25, -0.2) is 0 Å². The topological polar surface area (TPSA) is 15.3 Å². The monoisotopic (exact) mass is 268 g/mol. The second-order valence-electron chi connectivity index (χ2n) is 5.62. The van der Waals surface area contributed by atoms with Crippen LogP contribution in [0.25, 0.3) is 0 Å². The number of halogens is 2. The minimum atomic E-state index is -2.78. The summed E-state index contributed by atoms with van der Waals surface area (Å²) in [4.78, 5) is 1.87. The van der Waals surface area contributed by atoms with Crippen LogP contribution in [-0.2, 0) is 5.92 Å². The predicted molar refractivity (Wildman–Crippen MR) is 73.5 cm³/mol. The smallest absolute Gasteiger partial charge is 0.285 e. The quantitative estimate of drug-likeness (QED) is 0.903. The molecule has 1 aromatic rings. The van der Waals surface area contributed by atoms with Crippen LogP contribution in [0.3, 0.4) is 0 Å². The number of nitrogens with zero attached hydrogens (tertiary/aromatic N) is 1. The van der Waals surface area contributed by atoms with Gasteiger partial charge >= 0.3 is 0 Å². The normalized spacial score (nSPS) is 25.5. The first-order valence-corrected chi connectivity index (χ1v) is 6.86. The van der Waals surface area contributed by atoms with Crippen LogP contribution in [0.1, 0.15) is 25.8 Å². The highest BCUT2D eigenvalue weighted by molar-refractivity contribution is 5.20. The van der Waals surface area contributed by atoms with Gasteiger partial charge in [0.05, 0.1) is 6.54 Å². The van der Waals surface area contributed by atoms with E-state index in [1.807, 2.05) is 4.90 Å². The fourth-order valence-corrected chi connectivity index (χ4v) is 2.57. The molecule has 2 nitrogen and oxygen atoms in total. The highest BCUT2D eigenvalue weighted by Gasteiger charge is 2.37. The van der Waals surface area contributed by atoms with Crippen molar-refractivity contribution in [2.24, 2.45) is 0 Å². The highest BCUT2D eigenvalue weighted by Crippen LogP contribution is 2.30. The van der Waals surface area contributed by atoms with Gasteiger partial charge in [0.2, 0.25) is 0 Å². The molecule has 106 valence electrons. The average Bonchev–Trinajstić information content (AvgIpc) is 2.39. The van der Waals surface area contributed by atoms with Gasteiger partial charge in [0.25, 0.3) is 5.92 Å². The Morgan fingerprint density at radius 3 is 2.63 bits per heavy atom. The fourth-order valence-electron chi connectivity index (χ4n) is 2.57. The van der Waals surface area contributed by atoms with E-state index in [1.54, 1.807) is 18.2 Å². The lowest BCUT2D eigenvalue weighted by molar-refractivity contribution is -0.0486. The first kappa shape index (κ1) is 14.4. The third kappa shape index (κ3) is 3.51. The van der Waals surface area contributed by atoms with Crippen molar-refractivity contribution in [2.75, 3.05) is 26.2 Å². The Labute approximate surface area is 113 Å². The second-order valence-corrected chi connectivity index (χ2v) is 5.62. The molecule has 19 heavy (non-hydrogen) atoms. The summed E-state index contributed by atoms with van der Waals surface area (Å²) in [5, 5.41) is 3.41. The molecule has 4 heteroatoms. The van der Waals surface area contributed by atoms with Crippen molar-refractivity contribution in [3.8, 4) is 0 Å². The summed E-state index contributed by atoms with van der Waals surface area (Å²) >= 11 is 0. The van der Waals surface area contributed by atoms with Crippen LogP contribution in [0.2, 0.25) is 0 Å². The Kier molecular flexibility index (Phi) is 4.21. The molecule has 0 amide bonds. The maximum Gasteiger partial charge on any atom is 0.285 e. The van der Waals surface area contributed by atoms with Crippen LogP contribution in [0.4, 0.5) is 8.78 Å². The molecule has 1 aromatic carbocycles. The zero-order chi connectivity index (χ0) is 13.9. The molecule has 0 radical (unpaired) electrons. The standard InChI is InChI=1S/C15H22F2N2/c1-3-14(2)11-19(10-9-18-14)12-15(16,17)13-7-5-4-6-8-13/h4-8,18H,3,9-12H2,1-2H3. The highest BCUT2D eigenvalue weighted by atomic mass is 19.3. The molecule has 1 aliphatic heterocycles. The predicted octanol–water partition coefficient (Wildman–Crippen LogP) is 2.85. The fraction of sp³-hybridized carbons (Fsp3) is 0.600. The van der Waals surface area contributed by atoms with Crippen molar-refractivity contribution in [1.29, 1.82) is 0 Å². The molecule has 0 bridgehead atoms. The summed E-state index contributed by atoms with van der Waals surface area (Å²) in [6.45, 7) is 6.11. The molecule has 0 spiro atoms. The number of nitrogens with one attached hydrogen (secondary N) is 1. The summed E-state index contributed by atoms with van der Waals surface area (Å²) in [6.07, 6.45) is 0.945. The minimum Gasteiger partial charge on any atom is -0.309 e. The van der Waals surface area contributed by atoms with E-state index in [1.165, 1.54) is 12.1 Å². The van der Waals surface area contributed by atoms with Gasteiger partial charge in [-0.3, -0.25) is 4.90 Å². The van der Waals surface area contributed by atoms with Crippen LogP contribution in [0.5, 0.6) is 0 Å². The van der Waals surface area contributed by atoms with Crippen molar-refractivity contribution < 1.29 is 8.78 Å². The average molecular weight is 268 g/mol. The van der Waals surface area contributed by atoms with E-state index in [4.69, 9.17) is 0 Å². The summed E-state index contributed by atoms with van der Waals surface area (Å²) in [5.74, 6) is -2.78. The molecule has 1 fully saturated rings. The van der Waals surface area contributed by atoms with Gasteiger partial charge in [0.15, 0.2) is 0 Å². The van der Waals surface area contributed by atoms with Crippen LogP contribution in [-0.4, -0.2) is 36.6 Å². The lowest BCUT2D eigenvalue weighted by atomic mass is 9.95. The van der Waals surface area contributed by atoms with Gasteiger partial charge < -0.3 is 5.32 Å². The minimum absolute atomic E-state index is 0.0506. The van der Waals surface area contributed by atoms with Gasteiger partial charge in [0, 0.05) is 30.7 Å². The van der Waals surface area contributed by atoms with Gasteiger partial charge in [-0.2, -0.15) is 8.78 Å². The third-order valence-corrected chi connectivity index (χ3v) is 3.95. The number of hydrogen-bond donors (Lipinski definition) is 1. The van der Waals surface area contributed by atoms with Crippen molar-refractivity contribution in [3.05, 3.63) is 35.9 Å². The maximum absolute atomic E-state index is 14.2. The molecular weight excluding hydrogens is 246 g/mol. The number of piperazine rings is 1. The molecule has 1 atom stereocenters. The van der Waals surface area contributed by atoms with Gasteiger partial charge in [-0.1, -0.05) is 37.3 Å². The van der Waals surface area contributed by atoms with Gasteiger partial charge in [-0.05, 0) is 13.3 Å². The molecule has 1 heterocycles. The zero-order valence-electron chi connectivity index (χ0n) is 11.6. The molecular formula is C15H22F2N2. The summed E-state index contributed by atoms with van der Waals surface area (Å²) in [7, 11) is 0. The molecule has 0 saturated carbocycles. The van der Waals surface area contributed by atoms with Crippen LogP contribution >= 0.6 is 0 Å². The van der Waals surface area contributed by atoms with E-state index < -0.39 is 5.92 Å². The largest absolute Gasteiger partial charge is 0.309 e. The van der Waals surface area contributed by atoms with E-state index in [-0.39, 0.29) is 17.6 Å². The summed E-state index contributed by atoms with van der Waals surface area (Å²) < 4.78 is 28.5. The lowest BCUT2D eigenvalue weighted by Gasteiger charge is -2.42. The summed E-state index contributed by atoms with van der Waals surface area (Å²) in [5.41, 5.74) is 0.0529. The zero-order valence-corrected chi connectivity index (χ0v) is 11.6. The lowest BCUT2D eigenvalue weighted by Crippen LogP contribution is -2.59. The van der Waals surface area contributed by atoms with E-state index in [9.17, 15) is 8.78 Å². The third-order valence-electron chi connectivity index (χ3n) is 3.95. The van der Waals surface area contributed by atoms with E-state index in [0.717, 1.165) is 13.0 Å². The van der Waals surface area contributed by atoms with Gasteiger partial charge in [0.1, 0.15) is 0 Å². The SMILES string of the molecule is CCC1(C)CN(CC(F)(F)c2ccccc2)CCN1. The van der Waals surface area contributed by atoms with Crippen molar-refractivity contribution in [3.63, 3.8) is 0 Å². The van der Waals surface area contributed by atoms with Gasteiger partial charge in [-0.15, -0.1) is 0 Å². The number of rotatable bonds is 4. The van der Waals surface area contributed by atoms with Crippen molar-refractivity contribution >= 4 is 0 Å². The Bertz CT molecular complexity index is 408. The van der Waals surface area contributed by atoms with E-state index >= 15 is 0 Å². The Hall–Kier alpha value is -1.00. The number of alkyl halides is 2. The Morgan fingerprint density at radius 2 is 2.00 bits per heavy atom. The molecule has 0 aromatic heterocycles. The van der Waals surface area contributed by atoms with E-state index in [0.29, 0.717) is 13.1 Å². The molecule has 1 unspecified atom stereocenters. The second kappa shape index (κ2) is 5.55. The summed E-state index contributed by atoms with van der Waals surface area (Å²) in [6, 6.07) is 8.09. The number of hydrogen-bond acceptors (Lipinski definition) is 2. The Balaban J connectivity index is 2.04. The molecule has 1 N–H and O–H groups in total.